The molecule has 0 aliphatic carbocycles. The van der Waals surface area contributed by atoms with Crippen molar-refractivity contribution in [2.24, 2.45) is 5.92 Å². The first-order valence-electron chi connectivity index (χ1n) is 3.13. The van der Waals surface area contributed by atoms with Crippen molar-refractivity contribution in [3.05, 3.63) is 0 Å². The molecule has 5 heteroatoms. The Kier molecular flexibility index (Phi) is 2.16. The van der Waals surface area contributed by atoms with Crippen LogP contribution in [0.4, 0.5) is 0 Å². The summed E-state index contributed by atoms with van der Waals surface area (Å²) in [5.74, 6) is 0.533. The second-order valence-electron chi connectivity index (χ2n) is 2.54. The molecule has 1 aromatic heterocycles. The Hall–Kier alpha value is -0.710. The molecule has 1 aromatic rings. The molecule has 1 heterocycles. The number of rotatable bonds is 2. The van der Waals surface area contributed by atoms with Gasteiger partial charge in [-0.05, 0) is 29.0 Å². The van der Waals surface area contributed by atoms with Crippen molar-refractivity contribution in [1.29, 1.82) is 0 Å². The second kappa shape index (κ2) is 2.92. The van der Waals surface area contributed by atoms with Gasteiger partial charge in [-0.3, -0.25) is 0 Å². The Morgan fingerprint density at radius 2 is 2.30 bits per heavy atom. The van der Waals surface area contributed by atoms with Gasteiger partial charge < -0.3 is 0 Å². The van der Waals surface area contributed by atoms with Crippen molar-refractivity contribution >= 4 is 12.6 Å². The molecule has 0 bridgehead atoms. The first kappa shape index (κ1) is 7.40. The van der Waals surface area contributed by atoms with Crippen LogP contribution in [-0.4, -0.2) is 20.2 Å². The van der Waals surface area contributed by atoms with Crippen LogP contribution in [0.25, 0.3) is 0 Å². The molecule has 0 unspecified atom stereocenters. The Morgan fingerprint density at radius 3 is 2.70 bits per heavy atom. The van der Waals surface area contributed by atoms with Gasteiger partial charge in [0, 0.05) is 6.54 Å². The molecular formula is C5H9N4S. The molecule has 55 valence electrons. The SMILES string of the molecule is CC(C)Cn1nnnc1[S]. The lowest BCUT2D eigenvalue weighted by atomic mass is 10.2. The fraction of sp³-hybridized carbons (Fsp3) is 0.800. The summed E-state index contributed by atoms with van der Waals surface area (Å²) in [6, 6.07) is 0. The minimum absolute atomic E-state index is 0.466. The van der Waals surface area contributed by atoms with Gasteiger partial charge in [0.25, 0.3) is 0 Å². The molecule has 0 aromatic carbocycles. The maximum Gasteiger partial charge on any atom is 0.240 e. The summed E-state index contributed by atoms with van der Waals surface area (Å²) in [7, 11) is 0. The molecule has 1 radical (unpaired) electrons. The summed E-state index contributed by atoms with van der Waals surface area (Å²) >= 11 is 4.83. The van der Waals surface area contributed by atoms with Crippen molar-refractivity contribution in [3.63, 3.8) is 0 Å². The van der Waals surface area contributed by atoms with E-state index < -0.39 is 0 Å². The van der Waals surface area contributed by atoms with Crippen molar-refractivity contribution in [3.8, 4) is 0 Å². The third-order valence-electron chi connectivity index (χ3n) is 1.04. The Balaban J connectivity index is 2.65. The molecule has 0 saturated heterocycles. The van der Waals surface area contributed by atoms with E-state index in [2.05, 4.69) is 29.4 Å². The van der Waals surface area contributed by atoms with E-state index >= 15 is 0 Å². The molecular weight excluding hydrogens is 148 g/mol. The first-order chi connectivity index (χ1) is 4.70. The lowest BCUT2D eigenvalue weighted by Gasteiger charge is -2.02. The van der Waals surface area contributed by atoms with Gasteiger partial charge in [-0.25, -0.2) is 4.68 Å². The first-order valence-corrected chi connectivity index (χ1v) is 3.54. The van der Waals surface area contributed by atoms with Gasteiger partial charge in [-0.2, -0.15) is 0 Å². The van der Waals surface area contributed by atoms with Gasteiger partial charge in [0.1, 0.15) is 0 Å². The van der Waals surface area contributed by atoms with Crippen molar-refractivity contribution < 1.29 is 0 Å². The van der Waals surface area contributed by atoms with Crippen LogP contribution in [0.3, 0.4) is 0 Å². The topological polar surface area (TPSA) is 43.6 Å². The number of aromatic nitrogens is 4. The van der Waals surface area contributed by atoms with Gasteiger partial charge in [-0.1, -0.05) is 18.9 Å². The monoisotopic (exact) mass is 157 g/mol. The summed E-state index contributed by atoms with van der Waals surface area (Å²) in [4.78, 5) is 0. The average Bonchev–Trinajstić information content (AvgIpc) is 2.15. The van der Waals surface area contributed by atoms with Gasteiger partial charge >= 0.3 is 0 Å². The molecule has 0 aliphatic rings. The number of nitrogens with zero attached hydrogens (tertiary/aromatic N) is 4. The minimum Gasteiger partial charge on any atom is -0.216 e. The van der Waals surface area contributed by atoms with Crippen molar-refractivity contribution in [2.75, 3.05) is 0 Å². The van der Waals surface area contributed by atoms with Crippen LogP contribution < -0.4 is 0 Å². The summed E-state index contributed by atoms with van der Waals surface area (Å²) in [6.07, 6.45) is 0. The van der Waals surface area contributed by atoms with E-state index in [4.69, 9.17) is 12.6 Å². The molecule has 0 saturated carbocycles. The highest BCUT2D eigenvalue weighted by atomic mass is 32.1. The lowest BCUT2D eigenvalue weighted by Crippen LogP contribution is -2.06. The lowest BCUT2D eigenvalue weighted by molar-refractivity contribution is 0.446. The molecule has 0 N–H and O–H groups in total. The maximum absolute atomic E-state index is 4.83. The van der Waals surface area contributed by atoms with E-state index in [0.717, 1.165) is 6.54 Å². The van der Waals surface area contributed by atoms with Crippen LogP contribution in [-0.2, 0) is 6.54 Å². The molecule has 1 rings (SSSR count). The highest BCUT2D eigenvalue weighted by Gasteiger charge is 2.02. The van der Waals surface area contributed by atoms with Gasteiger partial charge in [0.15, 0.2) is 0 Å². The van der Waals surface area contributed by atoms with E-state index in [1.165, 1.54) is 0 Å². The van der Waals surface area contributed by atoms with E-state index in [-0.39, 0.29) is 0 Å². The Bertz CT molecular complexity index is 207. The minimum atomic E-state index is 0.466. The molecule has 10 heavy (non-hydrogen) atoms. The smallest absolute Gasteiger partial charge is 0.216 e. The van der Waals surface area contributed by atoms with Gasteiger partial charge in [-0.15, -0.1) is 0 Å². The predicted molar refractivity (Wildman–Crippen MR) is 38.5 cm³/mol. The molecule has 0 aliphatic heterocycles. The normalized spacial score (nSPS) is 10.7. The van der Waals surface area contributed by atoms with Crippen molar-refractivity contribution in [1.82, 2.24) is 20.2 Å². The predicted octanol–water partition coefficient (Wildman–Crippen LogP) is 0.885. The number of tetrazole rings is 1. The highest BCUT2D eigenvalue weighted by molar-refractivity contribution is 7.80. The molecule has 0 amide bonds. The summed E-state index contributed by atoms with van der Waals surface area (Å²) in [6.45, 7) is 4.98. The van der Waals surface area contributed by atoms with Crippen LogP contribution in [0.15, 0.2) is 5.16 Å². The molecule has 0 fully saturated rings. The van der Waals surface area contributed by atoms with Crippen LogP contribution in [0, 0.1) is 5.92 Å². The van der Waals surface area contributed by atoms with Crippen LogP contribution >= 0.6 is 12.6 Å². The van der Waals surface area contributed by atoms with Crippen LogP contribution in [0.1, 0.15) is 13.8 Å². The standard InChI is InChI=1S/C5H9N4S/c1-4(2)3-9-5(10)6-7-8-9/h4H,3H2,1-2H3. The Morgan fingerprint density at radius 1 is 1.60 bits per heavy atom. The Labute approximate surface area is 65.0 Å². The average molecular weight is 157 g/mol. The van der Waals surface area contributed by atoms with E-state index in [1.54, 1.807) is 4.68 Å². The highest BCUT2D eigenvalue weighted by Crippen LogP contribution is 2.01. The van der Waals surface area contributed by atoms with Crippen LogP contribution in [0.2, 0.25) is 0 Å². The van der Waals surface area contributed by atoms with E-state index in [9.17, 15) is 0 Å². The number of hydrogen-bond donors (Lipinski definition) is 0. The maximum atomic E-state index is 4.83. The van der Waals surface area contributed by atoms with Gasteiger partial charge in [0.2, 0.25) is 5.16 Å². The summed E-state index contributed by atoms with van der Waals surface area (Å²) < 4.78 is 1.62. The quantitative estimate of drug-likeness (QED) is 0.640. The second-order valence-corrected chi connectivity index (χ2v) is 2.90. The molecule has 0 spiro atoms. The van der Waals surface area contributed by atoms with Gasteiger partial charge in [0.05, 0.1) is 0 Å². The van der Waals surface area contributed by atoms with E-state index in [1.807, 2.05) is 0 Å². The van der Waals surface area contributed by atoms with Crippen molar-refractivity contribution in [2.45, 2.75) is 25.5 Å². The fourth-order valence-electron chi connectivity index (χ4n) is 0.657. The largest absolute Gasteiger partial charge is 0.240 e. The van der Waals surface area contributed by atoms with Crippen LogP contribution in [0.5, 0.6) is 0 Å². The fourth-order valence-corrected chi connectivity index (χ4v) is 0.804. The zero-order chi connectivity index (χ0) is 7.56. The molecule has 4 nitrogen and oxygen atoms in total. The summed E-state index contributed by atoms with van der Waals surface area (Å²) in [5, 5.41) is 11.2. The molecule has 0 atom stereocenters. The summed E-state index contributed by atoms with van der Waals surface area (Å²) in [5.41, 5.74) is 0. The third kappa shape index (κ3) is 1.63. The number of hydrogen-bond acceptors (Lipinski definition) is 3. The van der Waals surface area contributed by atoms with E-state index in [0.29, 0.717) is 11.1 Å². The zero-order valence-corrected chi connectivity index (χ0v) is 6.80. The third-order valence-corrected chi connectivity index (χ3v) is 1.33. The zero-order valence-electron chi connectivity index (χ0n) is 5.98.